The molecule has 0 aromatic rings. The van der Waals surface area contributed by atoms with Gasteiger partial charge in [0, 0.05) is 17.4 Å². The van der Waals surface area contributed by atoms with Crippen LogP contribution in [-0.4, -0.2) is 29.1 Å². The molecule has 2 aliphatic carbocycles. The summed E-state index contributed by atoms with van der Waals surface area (Å²) in [5.41, 5.74) is -0.199. The van der Waals surface area contributed by atoms with Gasteiger partial charge in [-0.1, -0.05) is 13.0 Å². The minimum absolute atomic E-state index is 0.0924. The van der Waals surface area contributed by atoms with Gasteiger partial charge in [0.15, 0.2) is 5.78 Å². The van der Waals surface area contributed by atoms with Crippen molar-refractivity contribution in [3.63, 3.8) is 0 Å². The summed E-state index contributed by atoms with van der Waals surface area (Å²) in [7, 11) is 0. The molecular weight excluding hydrogens is 268 g/mol. The van der Waals surface area contributed by atoms with Gasteiger partial charge in [0.2, 0.25) is 0 Å². The average molecular weight is 290 g/mol. The highest BCUT2D eigenvalue weighted by Gasteiger charge is 2.67. The molecule has 4 heteroatoms. The number of aliphatic hydroxyl groups is 1. The van der Waals surface area contributed by atoms with Gasteiger partial charge >= 0.3 is 5.97 Å². The molecule has 1 N–H and O–H groups in total. The Morgan fingerprint density at radius 2 is 2.24 bits per heavy atom. The highest BCUT2D eigenvalue weighted by Crippen LogP contribution is 2.64. The van der Waals surface area contributed by atoms with Crippen molar-refractivity contribution in [2.75, 3.05) is 6.61 Å². The highest BCUT2D eigenvalue weighted by molar-refractivity contribution is 5.97. The predicted octanol–water partition coefficient (Wildman–Crippen LogP) is 2.34. The zero-order chi connectivity index (χ0) is 15.8. The Hall–Kier alpha value is -1.68. The van der Waals surface area contributed by atoms with Gasteiger partial charge in [0.1, 0.15) is 5.60 Å². The second-order valence-corrected chi connectivity index (χ2v) is 6.14. The fourth-order valence-corrected chi connectivity index (χ4v) is 3.07. The number of carbonyl (C=O) groups is 2. The first kappa shape index (κ1) is 15.7. The molecule has 0 aromatic carbocycles. The van der Waals surface area contributed by atoms with Crippen LogP contribution in [0.4, 0.5) is 0 Å². The molecular formula is C17H22O4. The van der Waals surface area contributed by atoms with E-state index in [9.17, 15) is 14.7 Å². The van der Waals surface area contributed by atoms with Crippen LogP contribution in [0.15, 0.2) is 35.5 Å². The van der Waals surface area contributed by atoms with E-state index in [1.54, 1.807) is 32.9 Å². The molecule has 1 saturated carbocycles. The van der Waals surface area contributed by atoms with Gasteiger partial charge in [-0.3, -0.25) is 4.79 Å². The van der Waals surface area contributed by atoms with Gasteiger partial charge in [-0.25, -0.2) is 4.79 Å². The van der Waals surface area contributed by atoms with Crippen LogP contribution in [0.1, 0.15) is 34.1 Å². The lowest BCUT2D eigenvalue weighted by molar-refractivity contribution is -0.137. The van der Waals surface area contributed by atoms with E-state index in [-0.39, 0.29) is 11.7 Å². The minimum Gasteiger partial charge on any atom is -0.463 e. The number of hydrogen-bond donors (Lipinski definition) is 1. The van der Waals surface area contributed by atoms with E-state index in [2.05, 4.69) is 0 Å². The molecule has 3 atom stereocenters. The smallest absolute Gasteiger partial charge is 0.330 e. The molecule has 0 aliphatic heterocycles. The number of carbonyl (C=O) groups excluding carboxylic acids is 2. The van der Waals surface area contributed by atoms with Crippen molar-refractivity contribution in [2.24, 2.45) is 11.3 Å². The molecule has 114 valence electrons. The third-order valence-corrected chi connectivity index (χ3v) is 4.63. The predicted molar refractivity (Wildman–Crippen MR) is 79.5 cm³/mol. The molecule has 0 amide bonds. The van der Waals surface area contributed by atoms with Crippen LogP contribution >= 0.6 is 0 Å². The van der Waals surface area contributed by atoms with Crippen LogP contribution in [-0.2, 0) is 14.3 Å². The van der Waals surface area contributed by atoms with Gasteiger partial charge in [-0.15, -0.1) is 0 Å². The molecule has 2 rings (SSSR count). The molecule has 0 aromatic heterocycles. The van der Waals surface area contributed by atoms with Gasteiger partial charge in [-0.05, 0) is 50.5 Å². The van der Waals surface area contributed by atoms with Crippen molar-refractivity contribution in [3.05, 3.63) is 35.5 Å². The second kappa shape index (κ2) is 5.26. The Morgan fingerprint density at radius 1 is 1.57 bits per heavy atom. The number of fused-ring (bicyclic) bond motifs is 1. The molecule has 0 saturated heterocycles. The van der Waals surface area contributed by atoms with Crippen molar-refractivity contribution in [2.45, 2.75) is 39.7 Å². The summed E-state index contributed by atoms with van der Waals surface area (Å²) in [4.78, 5) is 23.2. The Morgan fingerprint density at radius 3 is 2.86 bits per heavy atom. The van der Waals surface area contributed by atoms with Crippen molar-refractivity contribution < 1.29 is 19.4 Å². The fourth-order valence-electron chi connectivity index (χ4n) is 3.07. The van der Waals surface area contributed by atoms with Crippen LogP contribution in [0.5, 0.6) is 0 Å². The van der Waals surface area contributed by atoms with E-state index >= 15 is 0 Å². The Bertz CT molecular complexity index is 569. The Balaban J connectivity index is 2.22. The fraction of sp³-hybridized carbons (Fsp3) is 0.529. The van der Waals surface area contributed by atoms with Gasteiger partial charge in [-0.2, -0.15) is 0 Å². The van der Waals surface area contributed by atoms with Gasteiger partial charge in [0.05, 0.1) is 6.61 Å². The molecule has 0 radical (unpaired) electrons. The van der Waals surface area contributed by atoms with E-state index in [1.807, 2.05) is 6.92 Å². The summed E-state index contributed by atoms with van der Waals surface area (Å²) in [5.74, 6) is -0.384. The Labute approximate surface area is 125 Å². The SMILES string of the molecule is CCOC(=O)/C=C(C)\C=C\C1(O)C(C)=CC(=O)C2CC21C. The molecule has 1 fully saturated rings. The van der Waals surface area contributed by atoms with Crippen LogP contribution in [0.2, 0.25) is 0 Å². The lowest BCUT2D eigenvalue weighted by Gasteiger charge is -2.36. The minimum atomic E-state index is -1.13. The average Bonchev–Trinajstić information content (AvgIpc) is 3.09. The van der Waals surface area contributed by atoms with E-state index in [1.165, 1.54) is 12.2 Å². The largest absolute Gasteiger partial charge is 0.463 e. The number of hydrogen-bond acceptors (Lipinski definition) is 4. The summed E-state index contributed by atoms with van der Waals surface area (Å²) < 4.78 is 4.85. The number of rotatable bonds is 4. The summed E-state index contributed by atoms with van der Waals surface area (Å²) in [6, 6.07) is 0. The number of esters is 1. The van der Waals surface area contributed by atoms with Crippen molar-refractivity contribution >= 4 is 11.8 Å². The first-order chi connectivity index (χ1) is 9.74. The van der Waals surface area contributed by atoms with Crippen LogP contribution in [0, 0.1) is 11.3 Å². The second-order valence-electron chi connectivity index (χ2n) is 6.14. The third kappa shape index (κ3) is 2.60. The van der Waals surface area contributed by atoms with Crippen LogP contribution < -0.4 is 0 Å². The summed E-state index contributed by atoms with van der Waals surface area (Å²) >= 11 is 0. The highest BCUT2D eigenvalue weighted by atomic mass is 16.5. The first-order valence-corrected chi connectivity index (χ1v) is 7.24. The molecule has 3 unspecified atom stereocenters. The van der Waals surface area contributed by atoms with Crippen molar-refractivity contribution in [3.8, 4) is 0 Å². The Kier molecular flexibility index (Phi) is 3.93. The lowest BCUT2D eigenvalue weighted by Crippen LogP contribution is -2.42. The molecule has 21 heavy (non-hydrogen) atoms. The molecule has 4 nitrogen and oxygen atoms in total. The van der Waals surface area contributed by atoms with Crippen LogP contribution in [0.25, 0.3) is 0 Å². The zero-order valence-electron chi connectivity index (χ0n) is 13.0. The monoisotopic (exact) mass is 290 g/mol. The first-order valence-electron chi connectivity index (χ1n) is 7.24. The van der Waals surface area contributed by atoms with E-state index in [4.69, 9.17) is 4.74 Å². The quantitative estimate of drug-likeness (QED) is 0.490. The maximum absolute atomic E-state index is 11.8. The number of ketones is 1. The number of allylic oxidation sites excluding steroid dienone is 3. The molecule has 0 spiro atoms. The van der Waals surface area contributed by atoms with Crippen LogP contribution in [0.3, 0.4) is 0 Å². The third-order valence-electron chi connectivity index (χ3n) is 4.63. The molecule has 0 heterocycles. The van der Waals surface area contributed by atoms with E-state index < -0.39 is 17.0 Å². The normalized spacial score (nSPS) is 35.5. The van der Waals surface area contributed by atoms with Gasteiger partial charge in [0.25, 0.3) is 0 Å². The topological polar surface area (TPSA) is 63.6 Å². The van der Waals surface area contributed by atoms with Crippen molar-refractivity contribution in [1.82, 2.24) is 0 Å². The molecule has 0 bridgehead atoms. The van der Waals surface area contributed by atoms with E-state index in [0.717, 1.165) is 0 Å². The zero-order valence-corrected chi connectivity index (χ0v) is 13.0. The summed E-state index contributed by atoms with van der Waals surface area (Å²) in [6.45, 7) is 7.56. The maximum Gasteiger partial charge on any atom is 0.330 e. The molecule has 2 aliphatic rings. The van der Waals surface area contributed by atoms with Gasteiger partial charge < -0.3 is 9.84 Å². The van der Waals surface area contributed by atoms with E-state index in [0.29, 0.717) is 24.2 Å². The summed E-state index contributed by atoms with van der Waals surface area (Å²) in [5, 5.41) is 11.0. The summed E-state index contributed by atoms with van der Waals surface area (Å²) in [6.07, 6.45) is 7.03. The standard InChI is InChI=1S/C17H22O4/c1-5-21-15(19)8-11(2)6-7-17(20)12(3)9-14(18)13-10-16(13,17)4/h6-9,13,20H,5,10H2,1-4H3/b7-6+,11-8-. The lowest BCUT2D eigenvalue weighted by atomic mass is 9.73. The number of ether oxygens (including phenoxy) is 1. The maximum atomic E-state index is 11.8. The van der Waals surface area contributed by atoms with Crippen molar-refractivity contribution in [1.29, 1.82) is 0 Å².